The Bertz CT molecular complexity index is 372. The first-order valence-corrected chi connectivity index (χ1v) is 5.74. The SMILES string of the molecule is C=CCNC(=O)C(C)NCCc1ccn(C)n1. The fourth-order valence-corrected chi connectivity index (χ4v) is 1.43. The first-order valence-electron chi connectivity index (χ1n) is 5.74. The van der Waals surface area contributed by atoms with E-state index in [-0.39, 0.29) is 11.9 Å². The molecule has 5 heteroatoms. The van der Waals surface area contributed by atoms with Crippen molar-refractivity contribution < 1.29 is 4.79 Å². The van der Waals surface area contributed by atoms with Gasteiger partial charge >= 0.3 is 0 Å². The Labute approximate surface area is 102 Å². The third-order valence-corrected chi connectivity index (χ3v) is 2.41. The van der Waals surface area contributed by atoms with Crippen molar-refractivity contribution in [2.75, 3.05) is 13.1 Å². The summed E-state index contributed by atoms with van der Waals surface area (Å²) in [4.78, 5) is 11.5. The van der Waals surface area contributed by atoms with E-state index >= 15 is 0 Å². The van der Waals surface area contributed by atoms with Crippen molar-refractivity contribution in [1.82, 2.24) is 20.4 Å². The van der Waals surface area contributed by atoms with Crippen LogP contribution in [0.4, 0.5) is 0 Å². The van der Waals surface area contributed by atoms with E-state index < -0.39 is 0 Å². The van der Waals surface area contributed by atoms with Crippen LogP contribution in [0.15, 0.2) is 24.9 Å². The highest BCUT2D eigenvalue weighted by Crippen LogP contribution is 1.94. The molecule has 0 aromatic carbocycles. The van der Waals surface area contributed by atoms with Gasteiger partial charge in [0.25, 0.3) is 0 Å². The quantitative estimate of drug-likeness (QED) is 0.667. The van der Waals surface area contributed by atoms with E-state index in [1.54, 1.807) is 10.8 Å². The Kier molecular flexibility index (Phi) is 5.42. The second-order valence-corrected chi connectivity index (χ2v) is 3.94. The second-order valence-electron chi connectivity index (χ2n) is 3.94. The molecule has 1 amide bonds. The highest BCUT2D eigenvalue weighted by atomic mass is 16.2. The van der Waals surface area contributed by atoms with Crippen LogP contribution in [0.5, 0.6) is 0 Å². The lowest BCUT2D eigenvalue weighted by molar-refractivity contribution is -0.122. The molecular formula is C12H20N4O. The van der Waals surface area contributed by atoms with Crippen LogP contribution in [-0.4, -0.2) is 34.8 Å². The van der Waals surface area contributed by atoms with Crippen LogP contribution in [0.3, 0.4) is 0 Å². The number of amides is 1. The molecule has 17 heavy (non-hydrogen) atoms. The summed E-state index contributed by atoms with van der Waals surface area (Å²) in [6.45, 7) is 6.64. The van der Waals surface area contributed by atoms with E-state index in [1.165, 1.54) is 0 Å². The van der Waals surface area contributed by atoms with Gasteiger partial charge in [0.15, 0.2) is 0 Å². The molecule has 0 fully saturated rings. The summed E-state index contributed by atoms with van der Waals surface area (Å²) >= 11 is 0. The Morgan fingerprint density at radius 1 is 1.71 bits per heavy atom. The molecule has 1 aromatic heterocycles. The largest absolute Gasteiger partial charge is 0.351 e. The summed E-state index contributed by atoms with van der Waals surface area (Å²) in [6.07, 6.45) is 4.40. The lowest BCUT2D eigenvalue weighted by Gasteiger charge is -2.12. The van der Waals surface area contributed by atoms with Crippen LogP contribution in [-0.2, 0) is 18.3 Å². The molecule has 5 nitrogen and oxygen atoms in total. The average Bonchev–Trinajstić information content (AvgIpc) is 2.71. The molecule has 0 bridgehead atoms. The van der Waals surface area contributed by atoms with E-state index in [2.05, 4.69) is 22.3 Å². The van der Waals surface area contributed by atoms with Crippen molar-refractivity contribution >= 4 is 5.91 Å². The minimum Gasteiger partial charge on any atom is -0.351 e. The van der Waals surface area contributed by atoms with E-state index in [4.69, 9.17) is 0 Å². The maximum atomic E-state index is 11.5. The van der Waals surface area contributed by atoms with Crippen LogP contribution in [0.2, 0.25) is 0 Å². The molecule has 0 spiro atoms. The first kappa shape index (κ1) is 13.4. The summed E-state index contributed by atoms with van der Waals surface area (Å²) in [5.74, 6) is -0.00841. The highest BCUT2D eigenvalue weighted by Gasteiger charge is 2.10. The van der Waals surface area contributed by atoms with E-state index in [1.807, 2.05) is 26.2 Å². The molecule has 0 saturated carbocycles. The molecule has 0 aliphatic heterocycles. The van der Waals surface area contributed by atoms with E-state index in [0.29, 0.717) is 6.54 Å². The zero-order valence-corrected chi connectivity index (χ0v) is 10.4. The first-order chi connectivity index (χ1) is 8.13. The highest BCUT2D eigenvalue weighted by molar-refractivity contribution is 5.81. The van der Waals surface area contributed by atoms with Gasteiger partial charge < -0.3 is 10.6 Å². The van der Waals surface area contributed by atoms with Crippen LogP contribution < -0.4 is 10.6 Å². The predicted octanol–water partition coefficient (Wildman–Crippen LogP) is 0.243. The summed E-state index contributed by atoms with van der Waals surface area (Å²) in [7, 11) is 1.89. The number of aryl methyl sites for hydroxylation is 1. The zero-order valence-electron chi connectivity index (χ0n) is 10.4. The van der Waals surface area contributed by atoms with Crippen LogP contribution >= 0.6 is 0 Å². The maximum absolute atomic E-state index is 11.5. The van der Waals surface area contributed by atoms with Crippen LogP contribution in [0.1, 0.15) is 12.6 Å². The van der Waals surface area contributed by atoms with Gasteiger partial charge in [0, 0.05) is 32.8 Å². The van der Waals surface area contributed by atoms with E-state index in [0.717, 1.165) is 18.7 Å². The lowest BCUT2D eigenvalue weighted by Crippen LogP contribution is -2.42. The fraction of sp³-hybridized carbons (Fsp3) is 0.500. The molecule has 0 saturated heterocycles. The van der Waals surface area contributed by atoms with Gasteiger partial charge in [-0.15, -0.1) is 6.58 Å². The number of rotatable bonds is 7. The summed E-state index contributed by atoms with van der Waals surface area (Å²) < 4.78 is 1.77. The van der Waals surface area contributed by atoms with Gasteiger partial charge in [-0.1, -0.05) is 6.08 Å². The number of nitrogens with one attached hydrogen (secondary N) is 2. The molecule has 0 aliphatic carbocycles. The van der Waals surface area contributed by atoms with Crippen LogP contribution in [0.25, 0.3) is 0 Å². The second kappa shape index (κ2) is 6.85. The van der Waals surface area contributed by atoms with Gasteiger partial charge in [-0.3, -0.25) is 9.48 Å². The number of hydrogen-bond donors (Lipinski definition) is 2. The summed E-state index contributed by atoms with van der Waals surface area (Å²) in [5, 5.41) is 10.2. The van der Waals surface area contributed by atoms with Crippen molar-refractivity contribution in [2.45, 2.75) is 19.4 Å². The van der Waals surface area contributed by atoms with Gasteiger partial charge in [-0.2, -0.15) is 5.10 Å². The molecule has 1 aromatic rings. The summed E-state index contributed by atoms with van der Waals surface area (Å²) in [6, 6.07) is 1.78. The summed E-state index contributed by atoms with van der Waals surface area (Å²) in [5.41, 5.74) is 1.03. The van der Waals surface area contributed by atoms with Crippen LogP contribution in [0, 0.1) is 0 Å². The molecule has 0 radical (unpaired) electrons. The van der Waals surface area contributed by atoms with Crippen molar-refractivity contribution in [3.8, 4) is 0 Å². The number of carbonyl (C=O) groups excluding carboxylic acids is 1. The lowest BCUT2D eigenvalue weighted by atomic mass is 10.2. The fourth-order valence-electron chi connectivity index (χ4n) is 1.43. The number of aromatic nitrogens is 2. The van der Waals surface area contributed by atoms with Crippen molar-refractivity contribution in [2.24, 2.45) is 7.05 Å². The third kappa shape index (κ3) is 4.82. The normalized spacial score (nSPS) is 12.1. The topological polar surface area (TPSA) is 59.0 Å². The van der Waals surface area contributed by atoms with Gasteiger partial charge in [0.2, 0.25) is 5.91 Å². The van der Waals surface area contributed by atoms with Gasteiger partial charge in [-0.05, 0) is 13.0 Å². The molecule has 1 heterocycles. The zero-order chi connectivity index (χ0) is 12.7. The Balaban J connectivity index is 2.21. The molecule has 1 rings (SSSR count). The van der Waals surface area contributed by atoms with Crippen molar-refractivity contribution in [3.63, 3.8) is 0 Å². The predicted molar refractivity (Wildman–Crippen MR) is 67.6 cm³/mol. The number of hydrogen-bond acceptors (Lipinski definition) is 3. The van der Waals surface area contributed by atoms with Gasteiger partial charge in [0.1, 0.15) is 0 Å². The van der Waals surface area contributed by atoms with Crippen molar-refractivity contribution in [1.29, 1.82) is 0 Å². The monoisotopic (exact) mass is 236 g/mol. The molecule has 0 aliphatic rings. The minimum absolute atomic E-state index is 0.00841. The third-order valence-electron chi connectivity index (χ3n) is 2.41. The Morgan fingerprint density at radius 2 is 2.47 bits per heavy atom. The average molecular weight is 236 g/mol. The minimum atomic E-state index is -0.196. The van der Waals surface area contributed by atoms with E-state index in [9.17, 15) is 4.79 Å². The van der Waals surface area contributed by atoms with Gasteiger partial charge in [0.05, 0.1) is 11.7 Å². The molecular weight excluding hydrogens is 216 g/mol. The van der Waals surface area contributed by atoms with Gasteiger partial charge in [-0.25, -0.2) is 0 Å². The molecule has 2 N–H and O–H groups in total. The number of carbonyl (C=O) groups is 1. The Hall–Kier alpha value is -1.62. The molecule has 1 atom stereocenters. The molecule has 94 valence electrons. The molecule has 1 unspecified atom stereocenters. The maximum Gasteiger partial charge on any atom is 0.237 e. The number of nitrogens with zero attached hydrogens (tertiary/aromatic N) is 2. The Morgan fingerprint density at radius 3 is 3.06 bits per heavy atom. The van der Waals surface area contributed by atoms with Crippen molar-refractivity contribution in [3.05, 3.63) is 30.6 Å². The standard InChI is InChI=1S/C12H20N4O/c1-4-7-14-12(17)10(2)13-8-5-11-6-9-16(3)15-11/h4,6,9-10,13H,1,5,7-8H2,2-3H3,(H,14,17). The smallest absolute Gasteiger partial charge is 0.237 e.